The minimum atomic E-state index is -1.82. The molecule has 0 aromatic heterocycles. The Morgan fingerprint density at radius 3 is 2.31 bits per heavy atom. The van der Waals surface area contributed by atoms with E-state index in [4.69, 9.17) is 9.16 Å². The van der Waals surface area contributed by atoms with Crippen LogP contribution in [-0.4, -0.2) is 33.7 Å². The first-order valence-electron chi connectivity index (χ1n) is 4.98. The first-order valence-corrected chi connectivity index (χ1v) is 8.39. The zero-order valence-electron chi connectivity index (χ0n) is 10.5. The minimum Gasteiger partial charge on any atom is -0.543 e. The fraction of sp³-hybridized carbons (Fsp3) is 0.600. The van der Waals surface area contributed by atoms with Crippen molar-refractivity contribution < 1.29 is 18.8 Å². The van der Waals surface area contributed by atoms with E-state index < -0.39 is 14.3 Å². The molecule has 0 unspecified atom stereocenters. The van der Waals surface area contributed by atoms with E-state index in [0.29, 0.717) is 0 Å². The van der Waals surface area contributed by atoms with Gasteiger partial charge in [-0.1, -0.05) is 11.7 Å². The molecule has 6 heteroatoms. The molecule has 16 heavy (non-hydrogen) atoms. The molecule has 92 valence electrons. The van der Waals surface area contributed by atoms with Gasteiger partial charge in [-0.3, -0.25) is 0 Å². The molecule has 0 saturated heterocycles. The highest BCUT2D eigenvalue weighted by Gasteiger charge is 2.24. The number of carbonyl (C=O) groups excluding carboxylic acids is 1. The molecule has 0 spiro atoms. The molecule has 0 bridgehead atoms. The molecule has 0 fully saturated rings. The summed E-state index contributed by atoms with van der Waals surface area (Å²) in [5, 5.41) is 3.57. The van der Waals surface area contributed by atoms with Crippen molar-refractivity contribution in [2.75, 3.05) is 13.7 Å². The standard InChI is InChI=1S/C10H19NO4Si/c1-7-14-10(12)9(11-13-3)8(2)15-16(4,5)6/h2,7H2,1,3-6H3. The summed E-state index contributed by atoms with van der Waals surface area (Å²) < 4.78 is 10.4. The van der Waals surface area contributed by atoms with Gasteiger partial charge in [-0.2, -0.15) is 0 Å². The number of ether oxygens (including phenoxy) is 1. The predicted octanol–water partition coefficient (Wildman–Crippen LogP) is 1.92. The van der Waals surface area contributed by atoms with Crippen LogP contribution in [0.4, 0.5) is 0 Å². The van der Waals surface area contributed by atoms with E-state index >= 15 is 0 Å². The highest BCUT2D eigenvalue weighted by molar-refractivity contribution is 6.70. The molecular weight excluding hydrogens is 226 g/mol. The van der Waals surface area contributed by atoms with Gasteiger partial charge in [0.25, 0.3) is 0 Å². The quantitative estimate of drug-likeness (QED) is 0.236. The van der Waals surface area contributed by atoms with E-state index in [1.54, 1.807) is 6.92 Å². The van der Waals surface area contributed by atoms with Gasteiger partial charge in [0, 0.05) is 0 Å². The number of hydrogen-bond acceptors (Lipinski definition) is 5. The third kappa shape index (κ3) is 5.55. The van der Waals surface area contributed by atoms with Crippen molar-refractivity contribution in [2.24, 2.45) is 5.16 Å². The highest BCUT2D eigenvalue weighted by atomic mass is 28.4. The summed E-state index contributed by atoms with van der Waals surface area (Å²) in [6, 6.07) is 0. The molecule has 0 aliphatic carbocycles. The fourth-order valence-electron chi connectivity index (χ4n) is 0.911. The number of esters is 1. The van der Waals surface area contributed by atoms with Crippen molar-refractivity contribution in [1.82, 2.24) is 0 Å². The van der Waals surface area contributed by atoms with Gasteiger partial charge in [0.1, 0.15) is 12.9 Å². The molecule has 0 radical (unpaired) electrons. The van der Waals surface area contributed by atoms with Crippen LogP contribution in [0.1, 0.15) is 6.92 Å². The van der Waals surface area contributed by atoms with Crippen LogP contribution in [0.15, 0.2) is 17.5 Å². The van der Waals surface area contributed by atoms with E-state index in [9.17, 15) is 4.79 Å². The van der Waals surface area contributed by atoms with E-state index in [2.05, 4.69) is 16.6 Å². The second-order valence-corrected chi connectivity index (χ2v) is 8.41. The Morgan fingerprint density at radius 1 is 1.38 bits per heavy atom. The van der Waals surface area contributed by atoms with Gasteiger partial charge in [0.15, 0.2) is 0 Å². The van der Waals surface area contributed by atoms with Crippen molar-refractivity contribution in [3.8, 4) is 0 Å². The number of carbonyl (C=O) groups is 1. The maximum atomic E-state index is 11.5. The van der Waals surface area contributed by atoms with Gasteiger partial charge in [0.05, 0.1) is 6.61 Å². The van der Waals surface area contributed by atoms with Crippen molar-refractivity contribution in [3.63, 3.8) is 0 Å². The Morgan fingerprint density at radius 2 is 1.94 bits per heavy atom. The molecule has 0 saturated carbocycles. The molecule has 0 aliphatic heterocycles. The van der Waals surface area contributed by atoms with Gasteiger partial charge in [-0.25, -0.2) is 4.79 Å². The Hall–Kier alpha value is -1.30. The summed E-state index contributed by atoms with van der Waals surface area (Å²) in [4.78, 5) is 16.1. The van der Waals surface area contributed by atoms with Gasteiger partial charge >= 0.3 is 5.97 Å². The van der Waals surface area contributed by atoms with Crippen LogP contribution in [0, 0.1) is 0 Å². The van der Waals surface area contributed by atoms with E-state index in [-0.39, 0.29) is 18.1 Å². The van der Waals surface area contributed by atoms with Crippen molar-refractivity contribution in [3.05, 3.63) is 12.3 Å². The van der Waals surface area contributed by atoms with Crippen LogP contribution >= 0.6 is 0 Å². The van der Waals surface area contributed by atoms with Crippen molar-refractivity contribution in [2.45, 2.75) is 26.6 Å². The first kappa shape index (κ1) is 14.7. The van der Waals surface area contributed by atoms with Crippen LogP contribution in [-0.2, 0) is 18.8 Å². The Kier molecular flexibility index (Phi) is 5.80. The number of oxime groups is 1. The molecule has 0 aromatic carbocycles. The normalized spacial score (nSPS) is 11.9. The summed E-state index contributed by atoms with van der Waals surface area (Å²) >= 11 is 0. The zero-order valence-corrected chi connectivity index (χ0v) is 11.5. The molecule has 5 nitrogen and oxygen atoms in total. The summed E-state index contributed by atoms with van der Waals surface area (Å²) in [5.74, 6) is -0.396. The largest absolute Gasteiger partial charge is 0.543 e. The lowest BCUT2D eigenvalue weighted by Crippen LogP contribution is -2.30. The third-order valence-electron chi connectivity index (χ3n) is 1.34. The lowest BCUT2D eigenvalue weighted by atomic mass is 10.3. The van der Waals surface area contributed by atoms with Crippen LogP contribution in [0.2, 0.25) is 19.6 Å². The molecule has 0 aromatic rings. The van der Waals surface area contributed by atoms with E-state index in [1.807, 2.05) is 19.6 Å². The lowest BCUT2D eigenvalue weighted by Gasteiger charge is -2.20. The number of nitrogens with zero attached hydrogens (tertiary/aromatic N) is 1. The summed E-state index contributed by atoms with van der Waals surface area (Å²) in [6.45, 7) is 11.6. The average Bonchev–Trinajstić information content (AvgIpc) is 2.11. The molecule has 0 aliphatic rings. The SMILES string of the molecule is C=C(O[Si](C)(C)C)C(=NOC)C(=O)OCC. The predicted molar refractivity (Wildman–Crippen MR) is 64.6 cm³/mol. The molecule has 0 N–H and O–H groups in total. The monoisotopic (exact) mass is 245 g/mol. The van der Waals surface area contributed by atoms with Crippen LogP contribution in [0.3, 0.4) is 0 Å². The average molecular weight is 245 g/mol. The summed E-state index contributed by atoms with van der Waals surface area (Å²) in [6.07, 6.45) is 0. The number of hydrogen-bond donors (Lipinski definition) is 0. The zero-order chi connectivity index (χ0) is 12.8. The van der Waals surface area contributed by atoms with Gasteiger partial charge in [0.2, 0.25) is 14.0 Å². The van der Waals surface area contributed by atoms with Gasteiger partial charge in [-0.15, -0.1) is 0 Å². The smallest absolute Gasteiger partial charge is 0.364 e. The molecule has 0 atom stereocenters. The highest BCUT2D eigenvalue weighted by Crippen LogP contribution is 2.11. The van der Waals surface area contributed by atoms with Crippen LogP contribution in [0.5, 0.6) is 0 Å². The molecule has 0 rings (SSSR count). The van der Waals surface area contributed by atoms with Crippen molar-refractivity contribution >= 4 is 20.0 Å². The van der Waals surface area contributed by atoms with Crippen molar-refractivity contribution in [1.29, 1.82) is 0 Å². The topological polar surface area (TPSA) is 57.1 Å². The lowest BCUT2D eigenvalue weighted by molar-refractivity contribution is -0.135. The van der Waals surface area contributed by atoms with E-state index in [1.165, 1.54) is 7.11 Å². The number of rotatable bonds is 6. The van der Waals surface area contributed by atoms with Gasteiger partial charge < -0.3 is 14.0 Å². The Bertz CT molecular complexity index is 294. The second-order valence-electron chi connectivity index (χ2n) is 3.98. The van der Waals surface area contributed by atoms with Gasteiger partial charge in [-0.05, 0) is 26.6 Å². The Labute approximate surface area is 97.2 Å². The van der Waals surface area contributed by atoms with Crippen LogP contribution < -0.4 is 0 Å². The van der Waals surface area contributed by atoms with Crippen LogP contribution in [0.25, 0.3) is 0 Å². The fourth-order valence-corrected chi connectivity index (χ4v) is 1.75. The minimum absolute atomic E-state index is 0.0215. The van der Waals surface area contributed by atoms with E-state index in [0.717, 1.165) is 0 Å². The molecule has 0 amide bonds. The first-order chi connectivity index (χ1) is 7.31. The second kappa shape index (κ2) is 6.32. The molecule has 0 heterocycles. The maximum Gasteiger partial charge on any atom is 0.364 e. The summed E-state index contributed by atoms with van der Waals surface area (Å²) in [5.41, 5.74) is -0.0215. The third-order valence-corrected chi connectivity index (χ3v) is 2.20. The Balaban J connectivity index is 4.74. The summed E-state index contributed by atoms with van der Waals surface area (Å²) in [7, 11) is -0.476. The maximum absolute atomic E-state index is 11.5. The molecular formula is C10H19NO4Si.